The number of carbonyl (C=O) groups is 1. The van der Waals surface area contributed by atoms with Gasteiger partial charge < -0.3 is 12.3 Å². The van der Waals surface area contributed by atoms with Crippen molar-refractivity contribution in [2.24, 2.45) is 5.73 Å². The summed E-state index contributed by atoms with van der Waals surface area (Å²) in [6.07, 6.45) is 12.4. The van der Waals surface area contributed by atoms with Crippen LogP contribution >= 0.6 is 0 Å². The van der Waals surface area contributed by atoms with Crippen LogP contribution < -0.4 is 63.9 Å². The van der Waals surface area contributed by atoms with Crippen LogP contribution in [0.1, 0.15) is 72.1 Å². The summed E-state index contributed by atoms with van der Waals surface area (Å²) >= 11 is 0. The molecule has 0 rings (SSSR count). The number of aliphatic carboxylic acids is 1. The Morgan fingerprint density at radius 3 is 1.53 bits per heavy atom. The van der Waals surface area contributed by atoms with Gasteiger partial charge in [-0.25, -0.2) is 0 Å². The maximum Gasteiger partial charge on any atom is 1.00 e. The Labute approximate surface area is 156 Å². The molecular formula is C13H28NO2Rb. The van der Waals surface area contributed by atoms with Crippen LogP contribution in [-0.4, -0.2) is 17.6 Å². The van der Waals surface area contributed by atoms with E-state index < -0.39 is 5.97 Å². The van der Waals surface area contributed by atoms with Gasteiger partial charge in [-0.05, 0) is 19.4 Å². The molecule has 0 heterocycles. The van der Waals surface area contributed by atoms with Gasteiger partial charge in [-0.2, -0.15) is 0 Å². The third kappa shape index (κ3) is 19.7. The van der Waals surface area contributed by atoms with E-state index in [0.717, 1.165) is 25.8 Å². The minimum atomic E-state index is -0.667. The molecule has 0 aromatic carbocycles. The SMILES string of the molecule is NCCCCCCCCCCCCC(=O)O.[H-].[Rb+]. The van der Waals surface area contributed by atoms with E-state index in [1.807, 2.05) is 0 Å². The van der Waals surface area contributed by atoms with E-state index >= 15 is 0 Å². The Morgan fingerprint density at radius 2 is 1.18 bits per heavy atom. The van der Waals surface area contributed by atoms with E-state index in [9.17, 15) is 4.79 Å². The summed E-state index contributed by atoms with van der Waals surface area (Å²) in [5.74, 6) is -0.667. The molecule has 0 fully saturated rings. The number of carboxylic acids is 1. The first-order valence-electron chi connectivity index (χ1n) is 6.69. The Hall–Kier alpha value is 1.24. The van der Waals surface area contributed by atoms with Gasteiger partial charge in [0.15, 0.2) is 0 Å². The zero-order valence-corrected chi connectivity index (χ0v) is 16.3. The maximum atomic E-state index is 10.3. The van der Waals surface area contributed by atoms with Crippen molar-refractivity contribution in [2.75, 3.05) is 6.54 Å². The second kappa shape index (κ2) is 17.2. The van der Waals surface area contributed by atoms with Crippen molar-refractivity contribution in [1.82, 2.24) is 0 Å². The van der Waals surface area contributed by atoms with E-state index in [1.54, 1.807) is 0 Å². The maximum absolute atomic E-state index is 10.3. The van der Waals surface area contributed by atoms with Gasteiger partial charge >= 0.3 is 64.2 Å². The molecule has 4 heteroatoms. The fourth-order valence-corrected chi connectivity index (χ4v) is 1.83. The van der Waals surface area contributed by atoms with Crippen LogP contribution in [0.5, 0.6) is 0 Å². The molecule has 0 aromatic heterocycles. The van der Waals surface area contributed by atoms with Crippen molar-refractivity contribution in [3.8, 4) is 0 Å². The molecule has 0 aromatic rings. The van der Waals surface area contributed by atoms with Gasteiger partial charge in [-0.15, -0.1) is 0 Å². The van der Waals surface area contributed by atoms with Crippen molar-refractivity contribution >= 4 is 5.97 Å². The van der Waals surface area contributed by atoms with Crippen LogP contribution in [0.25, 0.3) is 0 Å². The van der Waals surface area contributed by atoms with Gasteiger partial charge in [0.1, 0.15) is 0 Å². The number of hydrogen-bond donors (Lipinski definition) is 2. The number of carboxylic acid groups (broad SMARTS) is 1. The van der Waals surface area contributed by atoms with E-state index in [2.05, 4.69) is 0 Å². The fourth-order valence-electron chi connectivity index (χ4n) is 1.83. The van der Waals surface area contributed by atoms with Crippen LogP contribution in [-0.2, 0) is 4.79 Å². The predicted molar refractivity (Wildman–Crippen MR) is 68.6 cm³/mol. The van der Waals surface area contributed by atoms with Gasteiger partial charge in [0.2, 0.25) is 0 Å². The second-order valence-electron chi connectivity index (χ2n) is 4.47. The summed E-state index contributed by atoms with van der Waals surface area (Å²) in [5, 5.41) is 8.45. The minimum absolute atomic E-state index is 0. The summed E-state index contributed by atoms with van der Waals surface area (Å²) in [5.41, 5.74) is 5.42. The fraction of sp³-hybridized carbons (Fsp3) is 0.923. The number of hydrogen-bond acceptors (Lipinski definition) is 2. The second-order valence-corrected chi connectivity index (χ2v) is 4.47. The van der Waals surface area contributed by atoms with Gasteiger partial charge in [0, 0.05) is 6.42 Å². The summed E-state index contributed by atoms with van der Waals surface area (Å²) in [4.78, 5) is 10.3. The van der Waals surface area contributed by atoms with E-state index in [4.69, 9.17) is 10.8 Å². The zero-order chi connectivity index (χ0) is 12.1. The normalized spacial score (nSPS) is 9.94. The topological polar surface area (TPSA) is 63.3 Å². The first kappa shape index (κ1) is 20.6. The molecule has 0 aliphatic carbocycles. The molecule has 0 atom stereocenters. The van der Waals surface area contributed by atoms with Crippen molar-refractivity contribution in [2.45, 2.75) is 70.6 Å². The molecule has 0 radical (unpaired) electrons. The Morgan fingerprint density at radius 1 is 0.824 bits per heavy atom. The van der Waals surface area contributed by atoms with E-state index in [0.29, 0.717) is 6.42 Å². The predicted octanol–water partition coefficient (Wildman–Crippen LogP) is 0.437. The van der Waals surface area contributed by atoms with Crippen LogP contribution in [0, 0.1) is 0 Å². The summed E-state index contributed by atoms with van der Waals surface area (Å²) in [7, 11) is 0. The monoisotopic (exact) mass is 315 g/mol. The third-order valence-corrected chi connectivity index (χ3v) is 2.84. The average molecular weight is 316 g/mol. The molecule has 0 aliphatic heterocycles. The van der Waals surface area contributed by atoms with Gasteiger partial charge in [-0.1, -0.05) is 51.4 Å². The molecule has 0 unspecified atom stereocenters. The first-order valence-corrected chi connectivity index (χ1v) is 6.69. The molecule has 98 valence electrons. The molecule has 0 spiro atoms. The molecule has 3 nitrogen and oxygen atoms in total. The van der Waals surface area contributed by atoms with Gasteiger partial charge in [0.25, 0.3) is 0 Å². The summed E-state index contributed by atoms with van der Waals surface area (Å²) in [6, 6.07) is 0. The van der Waals surface area contributed by atoms with Crippen molar-refractivity contribution < 1.29 is 69.5 Å². The summed E-state index contributed by atoms with van der Waals surface area (Å²) in [6.45, 7) is 0.823. The van der Waals surface area contributed by atoms with Crippen molar-refractivity contribution in [3.05, 3.63) is 0 Å². The van der Waals surface area contributed by atoms with Crippen molar-refractivity contribution in [3.63, 3.8) is 0 Å². The molecule has 0 saturated carbocycles. The third-order valence-electron chi connectivity index (χ3n) is 2.84. The summed E-state index contributed by atoms with van der Waals surface area (Å²) < 4.78 is 0. The minimum Gasteiger partial charge on any atom is -1.00 e. The average Bonchev–Trinajstić information content (AvgIpc) is 2.25. The smallest absolute Gasteiger partial charge is 1.00 e. The number of unbranched alkanes of at least 4 members (excludes halogenated alkanes) is 9. The van der Waals surface area contributed by atoms with Crippen LogP contribution in [0.4, 0.5) is 0 Å². The van der Waals surface area contributed by atoms with Crippen molar-refractivity contribution in [1.29, 1.82) is 0 Å². The first-order chi connectivity index (χ1) is 7.77. The van der Waals surface area contributed by atoms with E-state index in [-0.39, 0.29) is 59.6 Å². The molecule has 17 heavy (non-hydrogen) atoms. The Bertz CT molecular complexity index is 171. The Kier molecular flexibility index (Phi) is 20.8. The molecule has 3 N–H and O–H groups in total. The number of nitrogens with two attached hydrogens (primary N) is 1. The molecule has 0 amide bonds. The van der Waals surface area contributed by atoms with Crippen LogP contribution in [0.2, 0.25) is 0 Å². The van der Waals surface area contributed by atoms with Gasteiger partial charge in [0.05, 0.1) is 0 Å². The van der Waals surface area contributed by atoms with E-state index in [1.165, 1.54) is 44.9 Å². The molecular weight excluding hydrogens is 288 g/mol. The molecule has 0 bridgehead atoms. The molecule has 0 saturated heterocycles. The molecule has 0 aliphatic rings. The van der Waals surface area contributed by atoms with Gasteiger partial charge in [-0.3, -0.25) is 4.79 Å². The Balaban J connectivity index is -0.00000112. The van der Waals surface area contributed by atoms with Crippen LogP contribution in [0.3, 0.4) is 0 Å². The quantitative estimate of drug-likeness (QED) is 0.514. The zero-order valence-electron chi connectivity index (χ0n) is 12.4. The standard InChI is InChI=1S/C13H27NO2.Rb.H/c14-12-10-8-6-4-2-1-3-5-7-9-11-13(15)16;;/h1-12,14H2,(H,15,16);;/q;+1;-1. The van der Waals surface area contributed by atoms with Crippen LogP contribution in [0.15, 0.2) is 0 Å². The largest absolute Gasteiger partial charge is 1.00 e. The number of rotatable bonds is 12.